The number of aliphatic carboxylic acids is 3. The molecule has 0 spiro atoms. The lowest BCUT2D eigenvalue weighted by molar-refractivity contribution is -0.142. The highest BCUT2D eigenvalue weighted by atomic mass is 32.1. The van der Waals surface area contributed by atoms with Gasteiger partial charge in [-0.05, 0) is 69.7 Å². The maximum Gasteiger partial charge on any atom is 0.327 e. The molecule has 1 aromatic carbocycles. The number of carboxylic acids is 3. The van der Waals surface area contributed by atoms with Crippen LogP contribution in [-0.2, 0) is 64.1 Å². The van der Waals surface area contributed by atoms with Crippen molar-refractivity contribution in [2.75, 3.05) is 56.3 Å². The number of nitrogens with two attached hydrogens (primary N) is 1. The second-order valence-corrected chi connectivity index (χ2v) is 26.4. The first-order valence-corrected chi connectivity index (χ1v) is 35.8. The van der Waals surface area contributed by atoms with Crippen LogP contribution in [0.15, 0.2) is 35.3 Å². The van der Waals surface area contributed by atoms with Crippen LogP contribution in [-0.4, -0.2) is 350 Å². The molecular weight excluding hydrogens is 1550 g/mol. The highest BCUT2D eigenvalue weighted by Gasteiger charge is 2.38. The zero-order valence-electron chi connectivity index (χ0n) is 61.1. The highest BCUT2D eigenvalue weighted by molar-refractivity contribution is 7.80. The number of carbonyl (C=O) groups is 13. The molecule has 0 saturated heterocycles. The van der Waals surface area contributed by atoms with E-state index >= 15 is 0 Å². The van der Waals surface area contributed by atoms with Crippen molar-refractivity contribution in [2.45, 2.75) is 206 Å². The predicted octanol–water partition coefficient (Wildman–Crippen LogP) is -13.5. The van der Waals surface area contributed by atoms with E-state index in [1.165, 1.54) is 25.3 Å². The summed E-state index contributed by atoms with van der Waals surface area (Å²) in [5.74, 6) is -17.7. The molecule has 2 heterocycles. The summed E-state index contributed by atoms with van der Waals surface area (Å²) < 4.78 is 0. The number of anilines is 2. The molecule has 0 fully saturated rings. The van der Waals surface area contributed by atoms with E-state index in [0.717, 1.165) is 0 Å². The number of carboxylic acid groups (broad SMARTS) is 3. The first-order chi connectivity index (χ1) is 53.6. The van der Waals surface area contributed by atoms with E-state index in [4.69, 9.17) is 10.8 Å². The maximum atomic E-state index is 14.6. The molecule has 0 aliphatic heterocycles. The molecule has 49 heteroatoms. The second-order valence-electron chi connectivity index (χ2n) is 26.1. The Morgan fingerprint density at radius 3 is 1.14 bits per heavy atom. The molecule has 0 aliphatic rings. The van der Waals surface area contributed by atoms with E-state index in [1.54, 1.807) is 12.1 Å². The Bertz CT molecular complexity index is 3760. The van der Waals surface area contributed by atoms with Crippen LogP contribution < -0.4 is 69.8 Å². The predicted molar refractivity (Wildman–Crippen MR) is 389 cm³/mol. The number of aliphatic hydroxyl groups is 15. The number of nitrogen functional groups attached to an aromatic ring is 1. The van der Waals surface area contributed by atoms with Crippen LogP contribution in [0.4, 0.5) is 11.6 Å². The van der Waals surface area contributed by atoms with Gasteiger partial charge in [0.05, 0.1) is 56.6 Å². The van der Waals surface area contributed by atoms with Crippen molar-refractivity contribution >= 4 is 112 Å². The minimum absolute atomic E-state index is 0.0236. The van der Waals surface area contributed by atoms with Crippen LogP contribution in [0.2, 0.25) is 0 Å². The summed E-state index contributed by atoms with van der Waals surface area (Å²) >= 11 is 3.88. The third kappa shape index (κ3) is 33.9. The molecule has 19 atom stereocenters. The Morgan fingerprint density at radius 2 is 0.789 bits per heavy atom. The van der Waals surface area contributed by atoms with Gasteiger partial charge in [-0.2, -0.15) is 17.6 Å². The van der Waals surface area contributed by atoms with E-state index in [0.29, 0.717) is 11.4 Å². The smallest absolute Gasteiger partial charge is 0.327 e. The van der Waals surface area contributed by atoms with Gasteiger partial charge >= 0.3 is 17.9 Å². The van der Waals surface area contributed by atoms with Gasteiger partial charge in [0.2, 0.25) is 59.1 Å². The third-order valence-corrected chi connectivity index (χ3v) is 17.4. The van der Waals surface area contributed by atoms with Crippen molar-refractivity contribution in [1.29, 1.82) is 0 Å². The Morgan fingerprint density at radius 1 is 0.447 bits per heavy atom. The summed E-state index contributed by atoms with van der Waals surface area (Å²) in [6.07, 6.45) is -32.9. The fourth-order valence-corrected chi connectivity index (χ4v) is 10.5. The van der Waals surface area contributed by atoms with Gasteiger partial charge in [0, 0.05) is 81.2 Å². The van der Waals surface area contributed by atoms with Crippen LogP contribution >= 0.6 is 12.6 Å². The number of carbonyl (C=O) groups excluding carboxylic acids is 10. The van der Waals surface area contributed by atoms with Gasteiger partial charge in [-0.25, -0.2) is 14.8 Å². The Labute approximate surface area is 651 Å². The van der Waals surface area contributed by atoms with Gasteiger partial charge in [0.1, 0.15) is 91.2 Å². The molecule has 0 unspecified atom stereocenters. The molecule has 3 aromatic rings. The number of amides is 10. The van der Waals surface area contributed by atoms with Gasteiger partial charge in [-0.1, -0.05) is 0 Å². The van der Waals surface area contributed by atoms with E-state index in [1.807, 2.05) is 5.32 Å². The second kappa shape index (κ2) is 49.5. The summed E-state index contributed by atoms with van der Waals surface area (Å²) in [7, 11) is 0. The standard InChI is InChI=1S/C65H100N16O32S/c1-27(72-57(105)28-3-5-29(6-4-28)67-18-30-19-71-56-49(73-30)63(111)81-65(66)80-56)2-12-46(94)74-31(7-13-43(91)68-20-37(85)50(99)53(102)40(88)23-82)58(106)77-34(10-16-47(95)96)60(108)75-32(8-14-44(92)69-21-38(86)51(100)54(103)41(89)24-83)59(107)78-35(11-17-48(97)98)61(109)76-33(62(110)79-36(26-114)64(112)113)9-15-45(93)70-22-39(87)52(101)55(104)42(90)25-84/h3-6,19,27,31-42,50-55,67,82-90,99-104,114H,2,7-18,20-26H2,1H3,(H,68,91)(H,69,92)(H,70,93)(H,72,105)(H,74,94)(H,75,108)(H,76,109)(H,77,106)(H,78,107)(H,79,110)(H,95,96)(H,97,98)(H,112,113)(H3,66,71,80,81,111)/t27-,31+,32+,33+,34+,35+,36-,37+,38+,39+,40-,41-,42-,50-,51-,52-,53-,54-,55-/m1/s1. The lowest BCUT2D eigenvalue weighted by atomic mass is 10.0. The fraction of sp³-hybridized carbons (Fsp3) is 0.615. The zero-order valence-corrected chi connectivity index (χ0v) is 62.0. The van der Waals surface area contributed by atoms with Crippen LogP contribution in [0.25, 0.3) is 11.2 Å². The molecular formula is C65H100N16O32S. The van der Waals surface area contributed by atoms with E-state index < -0.39 is 314 Å². The summed E-state index contributed by atoms with van der Waals surface area (Å²) in [6.45, 7) is -4.23. The summed E-state index contributed by atoms with van der Waals surface area (Å²) in [4.78, 5) is 202. The minimum Gasteiger partial charge on any atom is -0.481 e. The van der Waals surface area contributed by atoms with Crippen LogP contribution in [0.3, 0.4) is 0 Å². The highest BCUT2D eigenvalue weighted by Crippen LogP contribution is 2.16. The minimum atomic E-state index is -2.22. The number of hydrogen-bond acceptors (Lipinski definition) is 35. The van der Waals surface area contributed by atoms with Crippen molar-refractivity contribution < 1.29 is 154 Å². The number of benzene rings is 1. The van der Waals surface area contributed by atoms with Crippen molar-refractivity contribution in [1.82, 2.24) is 73.1 Å². The number of thiol groups is 1. The summed E-state index contributed by atoms with van der Waals surface area (Å²) in [5.41, 5.74) is 5.93. The van der Waals surface area contributed by atoms with Gasteiger partial charge in [0.25, 0.3) is 11.5 Å². The fourth-order valence-electron chi connectivity index (χ4n) is 10.2. The van der Waals surface area contributed by atoms with Crippen LogP contribution in [0.5, 0.6) is 0 Å². The van der Waals surface area contributed by atoms with E-state index in [2.05, 4.69) is 85.7 Å². The Balaban J connectivity index is 2.02. The number of aromatic nitrogens is 4. The molecule has 638 valence electrons. The van der Waals surface area contributed by atoms with Crippen molar-refractivity contribution in [3.8, 4) is 0 Å². The maximum absolute atomic E-state index is 14.6. The van der Waals surface area contributed by atoms with Gasteiger partial charge in [-0.3, -0.25) is 67.3 Å². The lowest BCUT2D eigenvalue weighted by Crippen LogP contribution is -2.59. The molecule has 3 rings (SSSR count). The number of rotatable bonds is 54. The molecule has 0 saturated carbocycles. The number of fused-ring (bicyclic) bond motifs is 1. The summed E-state index contributed by atoms with van der Waals surface area (Å²) in [6, 6.07) is -6.97. The Hall–Kier alpha value is -10.1. The molecule has 32 N–H and O–H groups in total. The first kappa shape index (κ1) is 98.1. The zero-order chi connectivity index (χ0) is 85.8. The number of aromatic amines is 1. The van der Waals surface area contributed by atoms with Gasteiger partial charge in [-0.15, -0.1) is 0 Å². The average molecular weight is 1650 g/mol. The number of nitrogens with zero attached hydrogens (tertiary/aromatic N) is 3. The number of H-pyrrole nitrogens is 1. The average Bonchev–Trinajstić information content (AvgIpc) is 0.812. The van der Waals surface area contributed by atoms with E-state index in [9.17, 15) is 154 Å². The quantitative estimate of drug-likeness (QED) is 0.0233. The molecule has 0 bridgehead atoms. The van der Waals surface area contributed by atoms with Crippen molar-refractivity contribution in [3.63, 3.8) is 0 Å². The van der Waals surface area contributed by atoms with Crippen molar-refractivity contribution in [3.05, 3.63) is 52.1 Å². The normalized spacial score (nSPS) is 16.4. The number of aliphatic hydroxyl groups excluding tert-OH is 15. The van der Waals surface area contributed by atoms with E-state index in [-0.39, 0.29) is 35.6 Å². The summed E-state index contributed by atoms with van der Waals surface area (Å²) in [5, 5.41) is 203. The molecule has 48 nitrogen and oxygen atoms in total. The first-order valence-electron chi connectivity index (χ1n) is 35.2. The molecule has 10 amide bonds. The van der Waals surface area contributed by atoms with Crippen molar-refractivity contribution in [2.24, 2.45) is 0 Å². The van der Waals surface area contributed by atoms with Crippen LogP contribution in [0, 0.1) is 0 Å². The monoisotopic (exact) mass is 1650 g/mol. The Kier molecular flexibility index (Phi) is 42.6. The third-order valence-electron chi connectivity index (χ3n) is 17.0. The van der Waals surface area contributed by atoms with Gasteiger partial charge < -0.3 is 156 Å². The molecule has 114 heavy (non-hydrogen) atoms. The molecule has 2 aromatic heterocycles. The molecule has 0 radical (unpaired) electrons. The molecule has 0 aliphatic carbocycles. The van der Waals surface area contributed by atoms with Crippen LogP contribution in [0.1, 0.15) is 100 Å². The topological polar surface area (TPSA) is 816 Å². The SMILES string of the molecule is C[C@H](CCC(=O)N[C@@H](CCC(=O)NC[C@H](O)[C@@H](O)[C@H](O)[C@H](O)CO)C(=O)N[C@@H](CCC(=O)O)C(=O)N[C@@H](CCC(=O)NC[C@H](O)[C@@H](O)[C@H](O)[C@H](O)CO)C(=O)N[C@@H](CCC(=O)O)C(=O)N[C@@H](CCC(=O)NC[C@H](O)[C@@H](O)[C@H](O)[C@H](O)CO)C(=O)N[C@H](CS)C(=O)O)NC(=O)c1ccc(NCc2cnc3nc(N)[nH]c(=O)c3n2)cc1. The largest absolute Gasteiger partial charge is 0.481 e. The number of hydrogen-bond donors (Lipinski definition) is 32. The lowest BCUT2D eigenvalue weighted by Gasteiger charge is -2.28. The number of nitrogens with one attached hydrogen (secondary N) is 12. The van der Waals surface area contributed by atoms with Gasteiger partial charge in [0.15, 0.2) is 11.2 Å².